The second kappa shape index (κ2) is 12.8. The van der Waals surface area contributed by atoms with Gasteiger partial charge in [0.2, 0.25) is 0 Å². The number of hydrogen-bond donors (Lipinski definition) is 3. The summed E-state index contributed by atoms with van der Waals surface area (Å²) >= 11 is 0. The van der Waals surface area contributed by atoms with Gasteiger partial charge in [0.05, 0.1) is 32.3 Å². The van der Waals surface area contributed by atoms with Crippen LogP contribution in [0.25, 0.3) is 0 Å². The largest absolute Gasteiger partial charge is 0.469 e. The first-order valence-corrected chi connectivity index (χ1v) is 10.9. The fourth-order valence-electron chi connectivity index (χ4n) is 3.62. The van der Waals surface area contributed by atoms with Crippen molar-refractivity contribution in [1.82, 2.24) is 5.32 Å². The molecule has 33 heavy (non-hydrogen) atoms. The van der Waals surface area contributed by atoms with E-state index in [2.05, 4.69) is 5.32 Å². The molecular weight excluding hydrogens is 424 g/mol. The third-order valence-corrected chi connectivity index (χ3v) is 5.40. The van der Waals surface area contributed by atoms with Crippen LogP contribution in [0.3, 0.4) is 0 Å². The van der Waals surface area contributed by atoms with Crippen LogP contribution in [0.2, 0.25) is 0 Å². The van der Waals surface area contributed by atoms with Gasteiger partial charge < -0.3 is 29.9 Å². The number of aryl methyl sites for hydroxylation is 1. The molecule has 2 aromatic carbocycles. The van der Waals surface area contributed by atoms with Gasteiger partial charge in [-0.2, -0.15) is 0 Å². The lowest BCUT2D eigenvalue weighted by Gasteiger charge is -2.31. The summed E-state index contributed by atoms with van der Waals surface area (Å²) in [5.74, 6) is -0.447. The van der Waals surface area contributed by atoms with Crippen LogP contribution in [0.1, 0.15) is 30.0 Å². The van der Waals surface area contributed by atoms with Crippen molar-refractivity contribution in [2.24, 2.45) is 0 Å². The number of rotatable bonds is 12. The molecular formula is C25H34N2O6. The lowest BCUT2D eigenvalue weighted by atomic mass is 9.87. The number of alkyl carbamates (subject to hydrolysis) is 1. The van der Waals surface area contributed by atoms with E-state index in [1.54, 1.807) is 6.92 Å². The van der Waals surface area contributed by atoms with Gasteiger partial charge in [0.1, 0.15) is 6.61 Å². The van der Waals surface area contributed by atoms with Gasteiger partial charge in [0.25, 0.3) is 0 Å². The zero-order valence-electron chi connectivity index (χ0n) is 19.5. The highest BCUT2D eigenvalue weighted by Crippen LogP contribution is 2.25. The second-order valence-corrected chi connectivity index (χ2v) is 8.22. The molecule has 0 spiro atoms. The van der Waals surface area contributed by atoms with E-state index in [9.17, 15) is 19.8 Å². The molecule has 2 aromatic rings. The summed E-state index contributed by atoms with van der Waals surface area (Å²) < 4.78 is 10.2. The lowest BCUT2D eigenvalue weighted by Crippen LogP contribution is -2.49. The third-order valence-electron chi connectivity index (χ3n) is 5.40. The molecule has 0 fully saturated rings. The monoisotopic (exact) mass is 458 g/mol. The first kappa shape index (κ1) is 26.2. The van der Waals surface area contributed by atoms with Gasteiger partial charge in [-0.1, -0.05) is 36.4 Å². The topological polar surface area (TPSA) is 108 Å². The number of ether oxygens (including phenoxy) is 2. The van der Waals surface area contributed by atoms with Gasteiger partial charge in [-0.3, -0.25) is 4.79 Å². The Morgan fingerprint density at radius 1 is 1.06 bits per heavy atom. The normalized spacial score (nSPS) is 12.5. The Balaban J connectivity index is 2.21. The molecule has 0 aromatic heterocycles. The number of methoxy groups -OCH3 is 1. The van der Waals surface area contributed by atoms with E-state index in [0.717, 1.165) is 22.4 Å². The van der Waals surface area contributed by atoms with Crippen LogP contribution in [0, 0.1) is 6.92 Å². The van der Waals surface area contributed by atoms with Crippen molar-refractivity contribution in [3.8, 4) is 0 Å². The molecule has 0 saturated heterocycles. The van der Waals surface area contributed by atoms with Gasteiger partial charge in [0, 0.05) is 18.8 Å². The highest BCUT2D eigenvalue weighted by molar-refractivity contribution is 5.74. The van der Waals surface area contributed by atoms with Crippen LogP contribution in [0.5, 0.6) is 0 Å². The van der Waals surface area contributed by atoms with E-state index in [1.165, 1.54) is 7.11 Å². The first-order valence-electron chi connectivity index (χ1n) is 10.9. The molecule has 0 heterocycles. The highest BCUT2D eigenvalue weighted by Gasteiger charge is 2.32. The Hall–Kier alpha value is -3.10. The van der Waals surface area contributed by atoms with Crippen molar-refractivity contribution in [2.75, 3.05) is 38.3 Å². The molecule has 0 bridgehead atoms. The standard InChI is InChI=1S/C25H34N2O6/c1-19-9-10-22(27(11-13-28)12-14-29)15-21(19)16-25(2,17-23(30)32-3)26-24(31)33-18-20-7-5-4-6-8-20/h4-10,15,28-29H,11-14,16-18H2,1-3H3,(H,26,31). The molecule has 8 nitrogen and oxygen atoms in total. The molecule has 0 aliphatic carbocycles. The minimum Gasteiger partial charge on any atom is -0.469 e. The SMILES string of the molecule is COC(=O)CC(C)(Cc1cc(N(CCO)CCO)ccc1C)NC(=O)OCc1ccccc1. The molecule has 3 N–H and O–H groups in total. The maximum atomic E-state index is 12.6. The van der Waals surface area contributed by atoms with Gasteiger partial charge in [-0.25, -0.2) is 4.79 Å². The van der Waals surface area contributed by atoms with E-state index in [4.69, 9.17) is 9.47 Å². The van der Waals surface area contributed by atoms with E-state index in [1.807, 2.05) is 60.4 Å². The van der Waals surface area contributed by atoms with E-state index >= 15 is 0 Å². The summed E-state index contributed by atoms with van der Waals surface area (Å²) in [5, 5.41) is 21.6. The molecule has 8 heteroatoms. The van der Waals surface area contributed by atoms with Gasteiger partial charge in [-0.05, 0) is 49.1 Å². The van der Waals surface area contributed by atoms with Crippen LogP contribution in [-0.2, 0) is 27.3 Å². The highest BCUT2D eigenvalue weighted by atomic mass is 16.5. The van der Waals surface area contributed by atoms with Gasteiger partial charge in [-0.15, -0.1) is 0 Å². The molecule has 1 amide bonds. The average molecular weight is 459 g/mol. The number of carbonyl (C=O) groups is 2. The number of esters is 1. The fourth-order valence-corrected chi connectivity index (χ4v) is 3.62. The smallest absolute Gasteiger partial charge is 0.407 e. The molecule has 180 valence electrons. The van der Waals surface area contributed by atoms with Gasteiger partial charge in [0.15, 0.2) is 0 Å². The van der Waals surface area contributed by atoms with Crippen molar-refractivity contribution >= 4 is 17.7 Å². The van der Waals surface area contributed by atoms with E-state index in [0.29, 0.717) is 19.5 Å². The van der Waals surface area contributed by atoms with Crippen molar-refractivity contribution in [3.05, 3.63) is 65.2 Å². The minimum atomic E-state index is -0.955. The second-order valence-electron chi connectivity index (χ2n) is 8.22. The number of amides is 1. The van der Waals surface area contributed by atoms with Crippen LogP contribution in [0.4, 0.5) is 10.5 Å². The predicted octanol–water partition coefficient (Wildman–Crippen LogP) is 2.58. The zero-order chi connectivity index (χ0) is 24.3. The summed E-state index contributed by atoms with van der Waals surface area (Å²) in [6, 6.07) is 15.2. The van der Waals surface area contributed by atoms with Crippen molar-refractivity contribution < 1.29 is 29.3 Å². The number of aliphatic hydroxyl groups is 2. The van der Waals surface area contributed by atoms with Crippen LogP contribution in [0.15, 0.2) is 48.5 Å². The Morgan fingerprint density at radius 3 is 2.33 bits per heavy atom. The van der Waals surface area contributed by atoms with Gasteiger partial charge >= 0.3 is 12.1 Å². The number of benzene rings is 2. The number of carbonyl (C=O) groups excluding carboxylic acids is 2. The van der Waals surface area contributed by atoms with E-state index in [-0.39, 0.29) is 26.2 Å². The molecule has 0 radical (unpaired) electrons. The van der Waals surface area contributed by atoms with Crippen molar-refractivity contribution in [3.63, 3.8) is 0 Å². The Morgan fingerprint density at radius 2 is 1.73 bits per heavy atom. The Bertz CT molecular complexity index is 899. The number of nitrogens with zero attached hydrogens (tertiary/aromatic N) is 1. The summed E-state index contributed by atoms with van der Waals surface area (Å²) in [4.78, 5) is 26.6. The quantitative estimate of drug-likeness (QED) is 0.420. The maximum Gasteiger partial charge on any atom is 0.407 e. The number of anilines is 1. The number of nitrogens with one attached hydrogen (secondary N) is 1. The van der Waals surface area contributed by atoms with Crippen LogP contribution < -0.4 is 10.2 Å². The molecule has 1 atom stereocenters. The molecule has 1 unspecified atom stereocenters. The van der Waals surface area contributed by atoms with Crippen molar-refractivity contribution in [2.45, 2.75) is 38.8 Å². The third kappa shape index (κ3) is 8.40. The van der Waals surface area contributed by atoms with Crippen LogP contribution >= 0.6 is 0 Å². The molecule has 0 saturated carbocycles. The average Bonchev–Trinajstić information content (AvgIpc) is 2.79. The zero-order valence-corrected chi connectivity index (χ0v) is 19.5. The minimum absolute atomic E-state index is 0.0371. The Labute approximate surface area is 195 Å². The number of aliphatic hydroxyl groups excluding tert-OH is 2. The lowest BCUT2D eigenvalue weighted by molar-refractivity contribution is -0.142. The summed E-state index contributed by atoms with van der Waals surface area (Å²) in [6.07, 6.45) is -0.305. The summed E-state index contributed by atoms with van der Waals surface area (Å²) in [6.45, 7) is 4.52. The summed E-state index contributed by atoms with van der Waals surface area (Å²) in [5.41, 5.74) is 2.65. The van der Waals surface area contributed by atoms with Crippen LogP contribution in [-0.4, -0.2) is 61.2 Å². The van der Waals surface area contributed by atoms with Crippen molar-refractivity contribution in [1.29, 1.82) is 0 Å². The van der Waals surface area contributed by atoms with E-state index < -0.39 is 17.6 Å². The predicted molar refractivity (Wildman–Crippen MR) is 126 cm³/mol. The molecule has 0 aliphatic rings. The molecule has 0 aliphatic heterocycles. The fraction of sp³-hybridized carbons (Fsp3) is 0.440. The Kier molecular flexibility index (Phi) is 10.2. The summed E-state index contributed by atoms with van der Waals surface area (Å²) in [7, 11) is 1.31. The maximum absolute atomic E-state index is 12.6. The molecule has 2 rings (SSSR count). The first-order chi connectivity index (χ1) is 15.8. The number of hydrogen-bond acceptors (Lipinski definition) is 7.